The fourth-order valence-electron chi connectivity index (χ4n) is 7.44. The third kappa shape index (κ3) is 7.76. The van der Waals surface area contributed by atoms with Crippen molar-refractivity contribution in [3.8, 4) is 101 Å². The second kappa shape index (κ2) is 16.4. The van der Waals surface area contributed by atoms with Crippen molar-refractivity contribution in [3.63, 3.8) is 0 Å². The highest BCUT2D eigenvalue weighted by molar-refractivity contribution is 5.79. The Hall–Kier alpha value is -8.15. The maximum atomic E-state index is 5.09. The molecule has 10 aromatic rings. The van der Waals surface area contributed by atoms with Crippen LogP contribution in [0.1, 0.15) is 0 Å². The summed E-state index contributed by atoms with van der Waals surface area (Å²) in [6.07, 6.45) is 0. The van der Waals surface area contributed by atoms with Crippen molar-refractivity contribution in [2.24, 2.45) is 0 Å². The van der Waals surface area contributed by atoms with Crippen LogP contribution in [0, 0.1) is 0 Å². The highest BCUT2D eigenvalue weighted by Crippen LogP contribution is 2.33. The van der Waals surface area contributed by atoms with Gasteiger partial charge in [0.2, 0.25) is 0 Å². The fourth-order valence-corrected chi connectivity index (χ4v) is 7.44. The highest BCUT2D eigenvalue weighted by Gasteiger charge is 2.15. The Bertz CT molecular complexity index is 3000. The minimum Gasteiger partial charge on any atom is -0.228 e. The van der Waals surface area contributed by atoms with Crippen LogP contribution >= 0.6 is 0 Å². The van der Waals surface area contributed by atoms with E-state index in [0.29, 0.717) is 23.3 Å². The van der Waals surface area contributed by atoms with Crippen LogP contribution in [0.4, 0.5) is 0 Å². The quantitative estimate of drug-likeness (QED) is 0.146. The molecule has 0 aliphatic rings. The van der Waals surface area contributed by atoms with Gasteiger partial charge in [-0.05, 0) is 57.6 Å². The van der Waals surface area contributed by atoms with E-state index >= 15 is 0 Å². The summed E-state index contributed by atoms with van der Waals surface area (Å²) in [6.45, 7) is 0. The molecule has 60 heavy (non-hydrogen) atoms. The standard InChI is InChI=1S/C55H37N5/c1-5-16-38(17-6-1)44-24-13-25-45(34-44)39-30-32-43(33-31-39)54-58-53(42-22-11-4-12-23-42)59-55(60-54)49-29-15-27-47(36-49)46-26-14-28-48(35-46)51-37-50(40-18-7-2-8-19-40)56-52(57-51)41-20-9-3-10-21-41/h1-37H. The lowest BCUT2D eigenvalue weighted by atomic mass is 9.98. The average molecular weight is 768 g/mol. The van der Waals surface area contributed by atoms with Crippen LogP contribution < -0.4 is 0 Å². The first kappa shape index (κ1) is 36.2. The van der Waals surface area contributed by atoms with Crippen molar-refractivity contribution in [1.29, 1.82) is 0 Å². The first-order valence-electron chi connectivity index (χ1n) is 20.0. The number of aromatic nitrogens is 5. The first-order valence-corrected chi connectivity index (χ1v) is 20.0. The smallest absolute Gasteiger partial charge is 0.164 e. The molecule has 0 unspecified atom stereocenters. The molecule has 8 aromatic carbocycles. The Labute approximate surface area is 349 Å². The van der Waals surface area contributed by atoms with E-state index in [-0.39, 0.29) is 0 Å². The second-order valence-electron chi connectivity index (χ2n) is 14.6. The Morgan fingerprint density at radius 3 is 0.967 bits per heavy atom. The Balaban J connectivity index is 1.01. The molecule has 0 aliphatic heterocycles. The molecule has 2 aromatic heterocycles. The lowest BCUT2D eigenvalue weighted by molar-refractivity contribution is 1.07. The predicted octanol–water partition coefficient (Wildman–Crippen LogP) is 13.7. The Kier molecular flexibility index (Phi) is 9.88. The summed E-state index contributed by atoms with van der Waals surface area (Å²) < 4.78 is 0. The van der Waals surface area contributed by atoms with E-state index in [1.54, 1.807) is 0 Å². The van der Waals surface area contributed by atoms with Gasteiger partial charge in [0.05, 0.1) is 11.4 Å². The van der Waals surface area contributed by atoms with Crippen molar-refractivity contribution >= 4 is 0 Å². The molecule has 5 nitrogen and oxygen atoms in total. The molecule has 0 bridgehead atoms. The minimum atomic E-state index is 0.604. The minimum absolute atomic E-state index is 0.604. The summed E-state index contributed by atoms with van der Waals surface area (Å²) in [7, 11) is 0. The average Bonchev–Trinajstić information content (AvgIpc) is 3.35. The van der Waals surface area contributed by atoms with Crippen molar-refractivity contribution < 1.29 is 0 Å². The predicted molar refractivity (Wildman–Crippen MR) is 244 cm³/mol. The first-order chi connectivity index (χ1) is 29.7. The molecule has 2 heterocycles. The zero-order valence-electron chi connectivity index (χ0n) is 32.6. The maximum absolute atomic E-state index is 5.09. The number of rotatable bonds is 9. The molecular weight excluding hydrogens is 731 g/mol. The van der Waals surface area contributed by atoms with E-state index in [0.717, 1.165) is 67.0 Å². The molecule has 0 aliphatic carbocycles. The highest BCUT2D eigenvalue weighted by atomic mass is 15.0. The zero-order chi connectivity index (χ0) is 40.1. The van der Waals surface area contributed by atoms with Crippen LogP contribution in [0.3, 0.4) is 0 Å². The third-order valence-electron chi connectivity index (χ3n) is 10.6. The molecule has 5 heteroatoms. The van der Waals surface area contributed by atoms with E-state index in [4.69, 9.17) is 24.9 Å². The van der Waals surface area contributed by atoms with Gasteiger partial charge in [0.15, 0.2) is 23.3 Å². The van der Waals surface area contributed by atoms with Crippen molar-refractivity contribution in [1.82, 2.24) is 24.9 Å². The summed E-state index contributed by atoms with van der Waals surface area (Å²) in [6, 6.07) is 77.1. The number of hydrogen-bond acceptors (Lipinski definition) is 5. The summed E-state index contributed by atoms with van der Waals surface area (Å²) in [5.41, 5.74) is 14.2. The number of hydrogen-bond donors (Lipinski definition) is 0. The zero-order valence-corrected chi connectivity index (χ0v) is 32.6. The SMILES string of the molecule is c1ccc(-c2cccc(-c3ccc(-c4nc(-c5ccccc5)nc(-c5cccc(-c6cccc(-c7cc(-c8ccccc8)nc(-c8ccccc8)n7)c6)c5)n4)cc3)c2)cc1. The van der Waals surface area contributed by atoms with Crippen LogP contribution in [-0.4, -0.2) is 24.9 Å². The molecule has 0 N–H and O–H groups in total. The third-order valence-corrected chi connectivity index (χ3v) is 10.6. The van der Waals surface area contributed by atoms with E-state index in [2.05, 4.69) is 140 Å². The molecule has 0 amide bonds. The fraction of sp³-hybridized carbons (Fsp3) is 0. The van der Waals surface area contributed by atoms with Gasteiger partial charge < -0.3 is 0 Å². The Morgan fingerprint density at radius 2 is 0.450 bits per heavy atom. The van der Waals surface area contributed by atoms with Crippen LogP contribution in [0.5, 0.6) is 0 Å². The van der Waals surface area contributed by atoms with E-state index < -0.39 is 0 Å². The number of benzene rings is 8. The van der Waals surface area contributed by atoms with Crippen LogP contribution in [-0.2, 0) is 0 Å². The van der Waals surface area contributed by atoms with E-state index in [1.807, 2.05) is 84.9 Å². The van der Waals surface area contributed by atoms with Gasteiger partial charge in [0.1, 0.15) is 0 Å². The van der Waals surface area contributed by atoms with Crippen LogP contribution in [0.25, 0.3) is 101 Å². The maximum Gasteiger partial charge on any atom is 0.164 e. The van der Waals surface area contributed by atoms with Crippen molar-refractivity contribution in [3.05, 3.63) is 224 Å². The molecule has 0 saturated carbocycles. The molecule has 10 rings (SSSR count). The van der Waals surface area contributed by atoms with Gasteiger partial charge in [0.25, 0.3) is 0 Å². The molecular formula is C55H37N5. The van der Waals surface area contributed by atoms with E-state index in [9.17, 15) is 0 Å². The molecule has 282 valence electrons. The van der Waals surface area contributed by atoms with Crippen molar-refractivity contribution in [2.75, 3.05) is 0 Å². The summed E-state index contributed by atoms with van der Waals surface area (Å²) in [5, 5.41) is 0. The Morgan fingerprint density at radius 1 is 0.167 bits per heavy atom. The van der Waals surface area contributed by atoms with Gasteiger partial charge in [-0.25, -0.2) is 24.9 Å². The van der Waals surface area contributed by atoms with Gasteiger partial charge in [-0.2, -0.15) is 0 Å². The summed E-state index contributed by atoms with van der Waals surface area (Å²) in [4.78, 5) is 25.2. The van der Waals surface area contributed by atoms with Crippen LogP contribution in [0.2, 0.25) is 0 Å². The lowest BCUT2D eigenvalue weighted by Gasteiger charge is -2.12. The topological polar surface area (TPSA) is 64.5 Å². The van der Waals surface area contributed by atoms with Crippen molar-refractivity contribution in [2.45, 2.75) is 0 Å². The van der Waals surface area contributed by atoms with Crippen LogP contribution in [0.15, 0.2) is 224 Å². The molecule has 0 radical (unpaired) electrons. The normalized spacial score (nSPS) is 11.0. The van der Waals surface area contributed by atoms with E-state index in [1.165, 1.54) is 11.1 Å². The number of nitrogens with zero attached hydrogens (tertiary/aromatic N) is 5. The van der Waals surface area contributed by atoms with Gasteiger partial charge in [-0.1, -0.05) is 200 Å². The largest absolute Gasteiger partial charge is 0.228 e. The lowest BCUT2D eigenvalue weighted by Crippen LogP contribution is -2.00. The molecule has 0 saturated heterocycles. The summed E-state index contributed by atoms with van der Waals surface area (Å²) in [5.74, 6) is 2.52. The molecule has 0 atom stereocenters. The van der Waals surface area contributed by atoms with Gasteiger partial charge in [0, 0.05) is 33.4 Å². The van der Waals surface area contributed by atoms with Gasteiger partial charge >= 0.3 is 0 Å². The molecule has 0 fully saturated rings. The second-order valence-corrected chi connectivity index (χ2v) is 14.6. The summed E-state index contributed by atoms with van der Waals surface area (Å²) >= 11 is 0. The van der Waals surface area contributed by atoms with Gasteiger partial charge in [-0.3, -0.25) is 0 Å². The monoisotopic (exact) mass is 767 g/mol. The van der Waals surface area contributed by atoms with Gasteiger partial charge in [-0.15, -0.1) is 0 Å². The molecule has 0 spiro atoms.